The quantitative estimate of drug-likeness (QED) is 0.266. The summed E-state index contributed by atoms with van der Waals surface area (Å²) in [7, 11) is 3.93. The van der Waals surface area contributed by atoms with Crippen molar-refractivity contribution in [1.82, 2.24) is 4.90 Å². The molecule has 0 radical (unpaired) electrons. The normalized spacial score (nSPS) is 16.8. The van der Waals surface area contributed by atoms with Crippen LogP contribution >= 0.6 is 11.3 Å². The first kappa shape index (κ1) is 24.4. The Balaban J connectivity index is 1.33. The maximum Gasteiger partial charge on any atom is 0.244 e. The van der Waals surface area contributed by atoms with Crippen molar-refractivity contribution >= 4 is 60.0 Å². The zero-order valence-corrected chi connectivity index (χ0v) is 23.1. The lowest BCUT2D eigenvalue weighted by Crippen LogP contribution is -2.42. The Bertz CT molecular complexity index is 1810. The predicted molar refractivity (Wildman–Crippen MR) is 161 cm³/mol. The van der Waals surface area contributed by atoms with E-state index in [1.54, 1.807) is 17.4 Å². The van der Waals surface area contributed by atoms with E-state index in [1.807, 2.05) is 43.3 Å². The molecular weight excluding hydrogens is 506 g/mol. The van der Waals surface area contributed by atoms with Gasteiger partial charge in [-0.25, -0.2) is 0 Å². The lowest BCUT2D eigenvalue weighted by atomic mass is 10.0. The summed E-state index contributed by atoms with van der Waals surface area (Å²) in [5, 5.41) is 6.00. The lowest BCUT2D eigenvalue weighted by Gasteiger charge is -2.27. The predicted octanol–water partition coefficient (Wildman–Crippen LogP) is 6.85. The maximum atomic E-state index is 13.2. The molecule has 7 heteroatoms. The molecule has 1 saturated carbocycles. The fourth-order valence-corrected chi connectivity index (χ4v) is 7.19. The van der Waals surface area contributed by atoms with Gasteiger partial charge in [0.15, 0.2) is 11.3 Å². The van der Waals surface area contributed by atoms with Gasteiger partial charge >= 0.3 is 0 Å². The number of nitrogens with one attached hydrogen (secondary N) is 1. The summed E-state index contributed by atoms with van der Waals surface area (Å²) in [5.74, 6) is 0.720. The second kappa shape index (κ2) is 9.21. The number of benzene rings is 3. The van der Waals surface area contributed by atoms with Crippen LogP contribution in [0.15, 0.2) is 69.9 Å². The summed E-state index contributed by atoms with van der Waals surface area (Å²) in [5.41, 5.74) is 3.04. The van der Waals surface area contributed by atoms with Gasteiger partial charge in [-0.3, -0.25) is 14.5 Å². The summed E-state index contributed by atoms with van der Waals surface area (Å²) in [6.07, 6.45) is 5.22. The summed E-state index contributed by atoms with van der Waals surface area (Å²) in [6.45, 7) is 1.83. The highest BCUT2D eigenvalue weighted by atomic mass is 32.1. The Hall–Kier alpha value is -3.68. The molecule has 2 aliphatic rings. The third-order valence-electron chi connectivity index (χ3n) is 8.46. The highest BCUT2D eigenvalue weighted by Gasteiger charge is 2.51. The van der Waals surface area contributed by atoms with Crippen molar-refractivity contribution in [3.05, 3.63) is 70.9 Å². The number of piperidine rings is 1. The first-order chi connectivity index (χ1) is 18.9. The van der Waals surface area contributed by atoms with E-state index in [0.29, 0.717) is 16.9 Å². The highest BCUT2D eigenvalue weighted by Crippen LogP contribution is 2.44. The monoisotopic (exact) mass is 537 g/mol. The van der Waals surface area contributed by atoms with Gasteiger partial charge in [0.1, 0.15) is 11.1 Å². The zero-order valence-electron chi connectivity index (χ0n) is 22.3. The van der Waals surface area contributed by atoms with Crippen molar-refractivity contribution in [2.75, 3.05) is 37.4 Å². The third kappa shape index (κ3) is 4.03. The molecule has 2 aromatic heterocycles. The van der Waals surface area contributed by atoms with Crippen LogP contribution in [0.3, 0.4) is 0 Å². The molecule has 1 aliphatic carbocycles. The van der Waals surface area contributed by atoms with E-state index in [9.17, 15) is 9.59 Å². The molecule has 2 fully saturated rings. The first-order valence-electron chi connectivity index (χ1n) is 13.7. The van der Waals surface area contributed by atoms with Crippen molar-refractivity contribution in [3.8, 4) is 11.1 Å². The van der Waals surface area contributed by atoms with Crippen LogP contribution in [0.25, 0.3) is 42.3 Å². The Morgan fingerprint density at radius 2 is 1.67 bits per heavy atom. The number of para-hydroxylation sites is 1. The van der Waals surface area contributed by atoms with Crippen LogP contribution in [0.1, 0.15) is 32.1 Å². The van der Waals surface area contributed by atoms with Crippen molar-refractivity contribution in [2.24, 2.45) is 0 Å². The van der Waals surface area contributed by atoms with E-state index in [4.69, 9.17) is 4.42 Å². The number of nitrogens with zero attached hydrogens (tertiary/aromatic N) is 2. The van der Waals surface area contributed by atoms with Gasteiger partial charge < -0.3 is 14.6 Å². The molecule has 1 N–H and O–H groups in total. The van der Waals surface area contributed by atoms with Gasteiger partial charge in [-0.05, 0) is 70.5 Å². The number of hydrogen-bond donors (Lipinski definition) is 1. The van der Waals surface area contributed by atoms with Crippen molar-refractivity contribution < 1.29 is 9.21 Å². The van der Waals surface area contributed by atoms with Crippen LogP contribution in [0, 0.1) is 0 Å². The van der Waals surface area contributed by atoms with Gasteiger partial charge in [-0.15, -0.1) is 11.3 Å². The second-order valence-corrected chi connectivity index (χ2v) is 12.1. The molecule has 3 aromatic carbocycles. The Morgan fingerprint density at radius 1 is 0.923 bits per heavy atom. The van der Waals surface area contributed by atoms with Crippen LogP contribution in [-0.2, 0) is 4.79 Å². The topological polar surface area (TPSA) is 65.8 Å². The van der Waals surface area contributed by atoms with E-state index in [2.05, 4.69) is 40.5 Å². The van der Waals surface area contributed by atoms with Crippen LogP contribution < -0.4 is 15.6 Å². The Labute approximate surface area is 230 Å². The number of anilines is 2. The molecule has 198 valence electrons. The molecular formula is C32H31N3O3S. The molecule has 1 aliphatic heterocycles. The fraction of sp³-hybridized carbons (Fsp3) is 0.312. The van der Waals surface area contributed by atoms with E-state index < -0.39 is 0 Å². The number of hydrogen-bond acceptors (Lipinski definition) is 6. The Kier molecular flexibility index (Phi) is 5.75. The zero-order chi connectivity index (χ0) is 26.7. The second-order valence-electron chi connectivity index (χ2n) is 11.1. The number of rotatable bonds is 5. The fourth-order valence-electron chi connectivity index (χ4n) is 5.98. The lowest BCUT2D eigenvalue weighted by molar-refractivity contribution is -0.121. The van der Waals surface area contributed by atoms with Crippen LogP contribution in [-0.4, -0.2) is 43.5 Å². The van der Waals surface area contributed by atoms with Gasteiger partial charge in [-0.2, -0.15) is 0 Å². The van der Waals surface area contributed by atoms with Crippen molar-refractivity contribution in [2.45, 2.75) is 37.6 Å². The molecule has 0 atom stereocenters. The number of carbonyl (C=O) groups is 1. The highest BCUT2D eigenvalue weighted by molar-refractivity contribution is 7.26. The van der Waals surface area contributed by atoms with Crippen molar-refractivity contribution in [1.29, 1.82) is 0 Å². The molecule has 0 unspecified atom stereocenters. The van der Waals surface area contributed by atoms with E-state index in [0.717, 1.165) is 75.8 Å². The molecule has 3 heterocycles. The molecule has 7 rings (SSSR count). The number of likely N-dealkylation sites (N-methyl/N-ethyl adjacent to an activating group) is 1. The molecule has 5 aromatic rings. The molecule has 1 amide bonds. The minimum absolute atomic E-state index is 0.00580. The summed E-state index contributed by atoms with van der Waals surface area (Å²) >= 11 is 1.73. The number of thiophene rings is 1. The first-order valence-corrected chi connectivity index (χ1v) is 14.5. The Morgan fingerprint density at radius 3 is 2.41 bits per heavy atom. The largest absolute Gasteiger partial charge is 0.440 e. The van der Waals surface area contributed by atoms with Crippen LogP contribution in [0.5, 0.6) is 0 Å². The molecule has 39 heavy (non-hydrogen) atoms. The van der Waals surface area contributed by atoms with Gasteiger partial charge in [0.25, 0.3) is 0 Å². The molecule has 0 spiro atoms. The van der Waals surface area contributed by atoms with E-state index >= 15 is 0 Å². The summed E-state index contributed by atoms with van der Waals surface area (Å²) < 4.78 is 8.78. The standard InChI is InChI=1S/C32H31N3O3S/c1-34(2)32(14-15-32)31(37)33-20-12-13-27-25(18-20)23-10-7-9-22(30(23)39-27)21-8-6-11-24-26(36)19-28(38-29(21)24)35-16-4-3-5-17-35/h6-13,18-19H,3-5,14-17H2,1-2H3,(H,33,37). The molecule has 6 nitrogen and oxygen atoms in total. The molecule has 0 bridgehead atoms. The summed E-state index contributed by atoms with van der Waals surface area (Å²) in [6, 6.07) is 19.9. The van der Waals surface area contributed by atoms with E-state index in [-0.39, 0.29) is 16.9 Å². The number of fused-ring (bicyclic) bond motifs is 4. The van der Waals surface area contributed by atoms with Crippen LogP contribution in [0.2, 0.25) is 0 Å². The van der Waals surface area contributed by atoms with Gasteiger partial charge in [0.05, 0.1) is 5.39 Å². The average molecular weight is 538 g/mol. The maximum absolute atomic E-state index is 13.2. The van der Waals surface area contributed by atoms with Gasteiger partial charge in [0.2, 0.25) is 5.91 Å². The van der Waals surface area contributed by atoms with Crippen molar-refractivity contribution in [3.63, 3.8) is 0 Å². The van der Waals surface area contributed by atoms with Crippen LogP contribution in [0.4, 0.5) is 11.6 Å². The number of amides is 1. The summed E-state index contributed by atoms with van der Waals surface area (Å²) in [4.78, 5) is 30.4. The SMILES string of the molecule is CN(C)C1(C(=O)Nc2ccc3sc4c(-c5cccc6c(=O)cc(N7CCCCC7)oc56)cccc4c3c2)CC1. The smallest absolute Gasteiger partial charge is 0.244 e. The van der Waals surface area contributed by atoms with Gasteiger partial charge in [-0.1, -0.05) is 30.3 Å². The van der Waals surface area contributed by atoms with E-state index in [1.165, 1.54) is 6.42 Å². The van der Waals surface area contributed by atoms with Gasteiger partial charge in [0, 0.05) is 56.1 Å². The average Bonchev–Trinajstić information content (AvgIpc) is 3.70. The minimum Gasteiger partial charge on any atom is -0.440 e. The minimum atomic E-state index is -0.385. The number of carbonyl (C=O) groups excluding carboxylic acids is 1. The third-order valence-corrected chi connectivity index (χ3v) is 9.68. The molecule has 1 saturated heterocycles.